The minimum absolute atomic E-state index is 0.299. The second-order valence-electron chi connectivity index (χ2n) is 4.82. The molecule has 2 N–H and O–H groups in total. The van der Waals surface area contributed by atoms with Crippen molar-refractivity contribution in [2.75, 3.05) is 5.73 Å². The van der Waals surface area contributed by atoms with Gasteiger partial charge >= 0.3 is 0 Å². The third-order valence-corrected chi connectivity index (χ3v) is 4.01. The Morgan fingerprint density at radius 1 is 1.22 bits per heavy atom. The molecule has 0 fully saturated rings. The van der Waals surface area contributed by atoms with Crippen molar-refractivity contribution in [1.82, 2.24) is 5.16 Å². The number of benzene rings is 1. The van der Waals surface area contributed by atoms with Gasteiger partial charge in [-0.3, -0.25) is 0 Å². The summed E-state index contributed by atoms with van der Waals surface area (Å²) in [5, 5.41) is 4.13. The predicted octanol–water partition coefficient (Wildman–Crippen LogP) is 4.45. The summed E-state index contributed by atoms with van der Waals surface area (Å²) in [5.41, 5.74) is 8.79. The number of rotatable bonds is 3. The molecule has 0 aliphatic rings. The van der Waals surface area contributed by atoms with E-state index in [1.807, 2.05) is 24.3 Å². The van der Waals surface area contributed by atoms with Crippen molar-refractivity contribution in [2.45, 2.75) is 26.7 Å². The largest absolute Gasteiger partial charge is 0.367 e. The summed E-state index contributed by atoms with van der Waals surface area (Å²) in [4.78, 5) is 0. The third-order valence-electron chi connectivity index (χ3n) is 3.32. The molecule has 1 heterocycles. The van der Waals surface area contributed by atoms with Gasteiger partial charge in [-0.2, -0.15) is 0 Å². The van der Waals surface area contributed by atoms with E-state index in [2.05, 4.69) is 41.9 Å². The van der Waals surface area contributed by atoms with E-state index in [0.717, 1.165) is 21.3 Å². The van der Waals surface area contributed by atoms with Crippen molar-refractivity contribution in [1.29, 1.82) is 0 Å². The highest BCUT2D eigenvalue weighted by atomic mass is 79.9. The predicted molar refractivity (Wildman–Crippen MR) is 77.3 cm³/mol. The van der Waals surface area contributed by atoms with E-state index in [4.69, 9.17) is 10.3 Å². The van der Waals surface area contributed by atoms with E-state index in [1.54, 1.807) is 0 Å². The lowest BCUT2D eigenvalue weighted by atomic mass is 9.90. The molecule has 2 rings (SSSR count). The van der Waals surface area contributed by atoms with Gasteiger partial charge < -0.3 is 10.3 Å². The van der Waals surface area contributed by atoms with Crippen LogP contribution in [0.4, 0.5) is 5.88 Å². The summed E-state index contributed by atoms with van der Waals surface area (Å²) in [5.74, 6) is 1.16. The summed E-state index contributed by atoms with van der Waals surface area (Å²) in [6.07, 6.45) is 0. The van der Waals surface area contributed by atoms with Crippen LogP contribution in [-0.2, 0) is 0 Å². The quantitative estimate of drug-likeness (QED) is 0.911. The zero-order valence-electron chi connectivity index (χ0n) is 10.8. The van der Waals surface area contributed by atoms with Crippen LogP contribution in [0.25, 0.3) is 11.1 Å². The van der Waals surface area contributed by atoms with Crippen molar-refractivity contribution >= 4 is 21.8 Å². The molecule has 0 amide bonds. The molecule has 0 saturated carbocycles. The van der Waals surface area contributed by atoms with E-state index >= 15 is 0 Å². The van der Waals surface area contributed by atoms with Gasteiger partial charge in [0.05, 0.1) is 11.3 Å². The SMILES string of the molecule is CC(C)C(C)c1noc(N)c1-c1ccccc1Br. The van der Waals surface area contributed by atoms with Gasteiger partial charge in [-0.05, 0) is 12.0 Å². The van der Waals surface area contributed by atoms with Gasteiger partial charge in [0.2, 0.25) is 5.88 Å². The standard InChI is InChI=1S/C14H17BrN2O/c1-8(2)9(3)13-12(14(16)18-17-13)10-6-4-5-7-11(10)15/h4-9H,16H2,1-3H3. The van der Waals surface area contributed by atoms with E-state index in [0.29, 0.717) is 17.7 Å². The monoisotopic (exact) mass is 308 g/mol. The summed E-state index contributed by atoms with van der Waals surface area (Å²) in [6.45, 7) is 6.47. The molecular weight excluding hydrogens is 292 g/mol. The van der Waals surface area contributed by atoms with Crippen LogP contribution >= 0.6 is 15.9 Å². The molecule has 0 radical (unpaired) electrons. The molecule has 1 unspecified atom stereocenters. The van der Waals surface area contributed by atoms with Crippen molar-refractivity contribution in [2.24, 2.45) is 5.92 Å². The van der Waals surface area contributed by atoms with Crippen LogP contribution in [0, 0.1) is 5.92 Å². The minimum Gasteiger partial charge on any atom is -0.367 e. The molecule has 0 spiro atoms. The minimum atomic E-state index is 0.299. The van der Waals surface area contributed by atoms with Crippen LogP contribution in [0.5, 0.6) is 0 Å². The van der Waals surface area contributed by atoms with Crippen molar-refractivity contribution in [3.63, 3.8) is 0 Å². The number of anilines is 1. The molecule has 1 atom stereocenters. The summed E-state index contributed by atoms with van der Waals surface area (Å²) >= 11 is 3.55. The average molecular weight is 309 g/mol. The van der Waals surface area contributed by atoms with E-state index in [-0.39, 0.29) is 0 Å². The van der Waals surface area contributed by atoms with Gasteiger partial charge in [0, 0.05) is 16.0 Å². The van der Waals surface area contributed by atoms with Crippen LogP contribution in [-0.4, -0.2) is 5.16 Å². The lowest BCUT2D eigenvalue weighted by molar-refractivity contribution is 0.407. The Kier molecular flexibility index (Phi) is 3.76. The summed E-state index contributed by atoms with van der Waals surface area (Å²) in [7, 11) is 0. The highest BCUT2D eigenvalue weighted by Gasteiger charge is 2.23. The number of halogens is 1. The van der Waals surface area contributed by atoms with Gasteiger partial charge in [-0.15, -0.1) is 0 Å². The number of hydrogen-bond acceptors (Lipinski definition) is 3. The van der Waals surface area contributed by atoms with Crippen LogP contribution in [0.2, 0.25) is 0 Å². The van der Waals surface area contributed by atoms with Crippen LogP contribution < -0.4 is 5.73 Å². The van der Waals surface area contributed by atoms with E-state index < -0.39 is 0 Å². The molecule has 4 heteroatoms. The smallest absolute Gasteiger partial charge is 0.230 e. The first kappa shape index (κ1) is 13.1. The fourth-order valence-electron chi connectivity index (χ4n) is 1.88. The van der Waals surface area contributed by atoms with Gasteiger partial charge in [0.1, 0.15) is 0 Å². The van der Waals surface area contributed by atoms with Gasteiger partial charge in [0.15, 0.2) is 0 Å². The maximum absolute atomic E-state index is 5.93. The van der Waals surface area contributed by atoms with Crippen LogP contribution in [0.3, 0.4) is 0 Å². The molecule has 0 saturated heterocycles. The molecular formula is C14H17BrN2O. The molecule has 0 aliphatic heterocycles. The maximum Gasteiger partial charge on any atom is 0.230 e. The molecule has 0 bridgehead atoms. The van der Waals surface area contributed by atoms with Gasteiger partial charge in [-0.1, -0.05) is 60.1 Å². The number of hydrogen-bond donors (Lipinski definition) is 1. The molecule has 96 valence electrons. The Balaban J connectivity index is 2.58. The topological polar surface area (TPSA) is 52.0 Å². The second-order valence-corrected chi connectivity index (χ2v) is 5.67. The number of nitrogens with zero attached hydrogens (tertiary/aromatic N) is 1. The molecule has 1 aromatic carbocycles. The van der Waals surface area contributed by atoms with Crippen molar-refractivity contribution in [3.8, 4) is 11.1 Å². The third kappa shape index (κ3) is 2.29. The number of aromatic nitrogens is 1. The van der Waals surface area contributed by atoms with Gasteiger partial charge in [-0.25, -0.2) is 0 Å². The average Bonchev–Trinajstić information content (AvgIpc) is 2.71. The first-order valence-corrected chi connectivity index (χ1v) is 6.81. The fourth-order valence-corrected chi connectivity index (χ4v) is 2.36. The molecule has 18 heavy (non-hydrogen) atoms. The molecule has 2 aromatic rings. The first-order valence-electron chi connectivity index (χ1n) is 6.02. The molecule has 0 aliphatic carbocycles. The lowest BCUT2D eigenvalue weighted by Crippen LogP contribution is -2.04. The number of nitrogens with two attached hydrogens (primary N) is 1. The highest BCUT2D eigenvalue weighted by Crippen LogP contribution is 2.39. The Morgan fingerprint density at radius 3 is 2.50 bits per heavy atom. The van der Waals surface area contributed by atoms with Crippen LogP contribution in [0.1, 0.15) is 32.4 Å². The highest BCUT2D eigenvalue weighted by molar-refractivity contribution is 9.10. The lowest BCUT2D eigenvalue weighted by Gasteiger charge is -2.14. The number of nitrogen functional groups attached to an aromatic ring is 1. The Hall–Kier alpha value is -1.29. The molecule has 1 aromatic heterocycles. The Bertz CT molecular complexity index is 548. The van der Waals surface area contributed by atoms with Crippen molar-refractivity contribution < 1.29 is 4.52 Å². The Labute approximate surface area is 115 Å². The summed E-state index contributed by atoms with van der Waals surface area (Å²) in [6, 6.07) is 7.97. The summed E-state index contributed by atoms with van der Waals surface area (Å²) < 4.78 is 6.18. The Morgan fingerprint density at radius 2 is 1.89 bits per heavy atom. The normalized spacial score (nSPS) is 12.9. The van der Waals surface area contributed by atoms with E-state index in [9.17, 15) is 0 Å². The van der Waals surface area contributed by atoms with E-state index in [1.165, 1.54) is 0 Å². The van der Waals surface area contributed by atoms with Gasteiger partial charge in [0.25, 0.3) is 0 Å². The van der Waals surface area contributed by atoms with Crippen LogP contribution in [0.15, 0.2) is 33.3 Å². The maximum atomic E-state index is 5.93. The molecule has 3 nitrogen and oxygen atoms in total. The second kappa shape index (κ2) is 5.14. The zero-order valence-corrected chi connectivity index (χ0v) is 12.4. The zero-order chi connectivity index (χ0) is 13.3. The first-order chi connectivity index (χ1) is 8.52. The van der Waals surface area contributed by atoms with Crippen molar-refractivity contribution in [3.05, 3.63) is 34.4 Å². The fraction of sp³-hybridized carbons (Fsp3) is 0.357.